The van der Waals surface area contributed by atoms with Gasteiger partial charge in [-0.2, -0.15) is 18.4 Å². The van der Waals surface area contributed by atoms with Gasteiger partial charge < -0.3 is 4.42 Å². The molecule has 2 heterocycles. The van der Waals surface area contributed by atoms with Crippen LogP contribution in [0.3, 0.4) is 0 Å². The Kier molecular flexibility index (Phi) is 5.03. The molecule has 9 heteroatoms. The standard InChI is InChI=1S/C20H16F3N3OS2/c1-3-28-15-8-12(19(10-24)6-7-19)9-25-17(15)18-26-16-11(2)14(29-20(21,22)23)5-4-13(16)27-18/h4-5,8-9H,3,6-7H2,1-2H3. The summed E-state index contributed by atoms with van der Waals surface area (Å²) in [5.41, 5.74) is -2.17. The third-order valence-electron chi connectivity index (χ3n) is 4.86. The van der Waals surface area contributed by atoms with Crippen LogP contribution in [0.2, 0.25) is 0 Å². The molecule has 0 amide bonds. The third-order valence-corrected chi connectivity index (χ3v) is 6.67. The molecule has 1 aromatic carbocycles. The van der Waals surface area contributed by atoms with E-state index in [0.717, 1.165) is 29.1 Å². The van der Waals surface area contributed by atoms with Crippen LogP contribution in [0.25, 0.3) is 22.7 Å². The summed E-state index contributed by atoms with van der Waals surface area (Å²) in [4.78, 5) is 9.92. The Morgan fingerprint density at radius 3 is 2.66 bits per heavy atom. The molecule has 0 atom stereocenters. The lowest BCUT2D eigenvalue weighted by Crippen LogP contribution is -2.04. The highest BCUT2D eigenvalue weighted by molar-refractivity contribution is 8.00. The smallest absolute Gasteiger partial charge is 0.435 e. The van der Waals surface area contributed by atoms with E-state index in [-0.39, 0.29) is 22.5 Å². The van der Waals surface area contributed by atoms with Gasteiger partial charge in [0.05, 0.1) is 11.5 Å². The van der Waals surface area contributed by atoms with E-state index in [9.17, 15) is 18.4 Å². The molecule has 0 aliphatic heterocycles. The zero-order valence-electron chi connectivity index (χ0n) is 15.6. The van der Waals surface area contributed by atoms with Gasteiger partial charge in [0.1, 0.15) is 11.2 Å². The van der Waals surface area contributed by atoms with Gasteiger partial charge >= 0.3 is 5.51 Å². The minimum absolute atomic E-state index is 0.0982. The van der Waals surface area contributed by atoms with Crippen LogP contribution >= 0.6 is 23.5 Å². The summed E-state index contributed by atoms with van der Waals surface area (Å²) >= 11 is 1.41. The van der Waals surface area contributed by atoms with Crippen molar-refractivity contribution in [2.45, 2.75) is 47.4 Å². The second kappa shape index (κ2) is 7.26. The Labute approximate surface area is 173 Å². The first-order valence-electron chi connectivity index (χ1n) is 8.97. The van der Waals surface area contributed by atoms with Crippen molar-refractivity contribution >= 4 is 34.6 Å². The molecule has 0 radical (unpaired) electrons. The van der Waals surface area contributed by atoms with E-state index in [1.54, 1.807) is 24.9 Å². The first kappa shape index (κ1) is 20.1. The number of fused-ring (bicyclic) bond motifs is 1. The maximum absolute atomic E-state index is 12.8. The molecule has 3 aromatic rings. The number of alkyl halides is 3. The molecule has 0 N–H and O–H groups in total. The van der Waals surface area contributed by atoms with Gasteiger partial charge in [-0.1, -0.05) is 6.92 Å². The monoisotopic (exact) mass is 435 g/mol. The number of oxazole rings is 1. The number of aromatic nitrogens is 2. The van der Waals surface area contributed by atoms with Gasteiger partial charge in [0.2, 0.25) is 5.89 Å². The van der Waals surface area contributed by atoms with Crippen LogP contribution in [0.1, 0.15) is 30.9 Å². The van der Waals surface area contributed by atoms with Crippen molar-refractivity contribution in [3.8, 4) is 17.7 Å². The number of aryl methyl sites for hydroxylation is 1. The molecule has 29 heavy (non-hydrogen) atoms. The zero-order chi connectivity index (χ0) is 20.8. The normalized spacial score (nSPS) is 15.4. The molecule has 0 spiro atoms. The molecule has 1 fully saturated rings. The van der Waals surface area contributed by atoms with Crippen molar-refractivity contribution in [3.63, 3.8) is 0 Å². The molecule has 1 saturated carbocycles. The maximum atomic E-state index is 12.8. The molecule has 0 unspecified atom stereocenters. The molecule has 0 saturated heterocycles. The van der Waals surface area contributed by atoms with E-state index in [4.69, 9.17) is 4.42 Å². The third kappa shape index (κ3) is 3.83. The number of hydrogen-bond acceptors (Lipinski definition) is 6. The minimum atomic E-state index is -4.37. The first-order chi connectivity index (χ1) is 13.8. The Morgan fingerprint density at radius 2 is 2.03 bits per heavy atom. The number of thioether (sulfide) groups is 2. The average Bonchev–Trinajstić information content (AvgIpc) is 3.35. The summed E-state index contributed by atoms with van der Waals surface area (Å²) in [6.07, 6.45) is 3.32. The van der Waals surface area contributed by atoms with E-state index in [2.05, 4.69) is 16.0 Å². The van der Waals surface area contributed by atoms with Crippen LogP contribution in [0, 0.1) is 18.3 Å². The number of nitrogens with zero attached hydrogens (tertiary/aromatic N) is 3. The van der Waals surface area contributed by atoms with E-state index in [1.165, 1.54) is 12.1 Å². The predicted octanol–water partition coefficient (Wildman–Crippen LogP) is 6.48. The Morgan fingerprint density at radius 1 is 1.28 bits per heavy atom. The van der Waals surface area contributed by atoms with Crippen molar-refractivity contribution in [2.75, 3.05) is 5.75 Å². The molecular formula is C20H16F3N3OS2. The number of pyridine rings is 1. The summed E-state index contributed by atoms with van der Waals surface area (Å²) in [6, 6.07) is 7.22. The zero-order valence-corrected chi connectivity index (χ0v) is 17.3. The van der Waals surface area contributed by atoms with Crippen molar-refractivity contribution in [1.82, 2.24) is 9.97 Å². The second-order valence-electron chi connectivity index (χ2n) is 6.80. The van der Waals surface area contributed by atoms with Crippen LogP contribution in [0.5, 0.6) is 0 Å². The topological polar surface area (TPSA) is 62.7 Å². The molecular weight excluding hydrogens is 419 g/mol. The summed E-state index contributed by atoms with van der Waals surface area (Å²) in [6.45, 7) is 3.61. The SMILES string of the molecule is CCSc1cc(C2(C#N)CC2)cnc1-c1nc2c(C)c(SC(F)(F)F)ccc2o1. The quantitative estimate of drug-likeness (QED) is 0.428. The average molecular weight is 435 g/mol. The number of benzene rings is 1. The van der Waals surface area contributed by atoms with E-state index in [0.29, 0.717) is 22.4 Å². The first-order valence-corrected chi connectivity index (χ1v) is 10.8. The van der Waals surface area contributed by atoms with Gasteiger partial charge in [0.25, 0.3) is 0 Å². The van der Waals surface area contributed by atoms with Gasteiger partial charge in [-0.25, -0.2) is 9.97 Å². The van der Waals surface area contributed by atoms with Gasteiger partial charge in [0, 0.05) is 16.0 Å². The van der Waals surface area contributed by atoms with Crippen LogP contribution in [-0.4, -0.2) is 21.2 Å². The Balaban J connectivity index is 1.78. The van der Waals surface area contributed by atoms with Gasteiger partial charge in [0.15, 0.2) is 5.58 Å². The van der Waals surface area contributed by atoms with Gasteiger partial charge in [-0.15, -0.1) is 11.8 Å². The van der Waals surface area contributed by atoms with E-state index in [1.807, 2.05) is 13.0 Å². The van der Waals surface area contributed by atoms with Crippen LogP contribution in [0.4, 0.5) is 13.2 Å². The van der Waals surface area contributed by atoms with Crippen molar-refractivity contribution in [2.24, 2.45) is 0 Å². The van der Waals surface area contributed by atoms with E-state index >= 15 is 0 Å². The van der Waals surface area contributed by atoms with Crippen LogP contribution in [0.15, 0.2) is 38.6 Å². The lowest BCUT2D eigenvalue weighted by molar-refractivity contribution is -0.0328. The molecule has 1 aliphatic carbocycles. The van der Waals surface area contributed by atoms with Crippen LogP contribution < -0.4 is 0 Å². The molecule has 4 rings (SSSR count). The number of hydrogen-bond donors (Lipinski definition) is 0. The fourth-order valence-electron chi connectivity index (χ4n) is 3.17. The fourth-order valence-corrected chi connectivity index (χ4v) is 4.60. The highest BCUT2D eigenvalue weighted by Gasteiger charge is 2.45. The maximum Gasteiger partial charge on any atom is 0.446 e. The largest absolute Gasteiger partial charge is 0.446 e. The number of halogens is 3. The Bertz CT molecular complexity index is 1130. The van der Waals surface area contributed by atoms with Crippen molar-refractivity contribution < 1.29 is 17.6 Å². The van der Waals surface area contributed by atoms with Crippen LogP contribution in [-0.2, 0) is 5.41 Å². The minimum Gasteiger partial charge on any atom is -0.435 e. The second-order valence-corrected chi connectivity index (χ2v) is 9.21. The van der Waals surface area contributed by atoms with Gasteiger partial charge in [-0.05, 0) is 66.6 Å². The summed E-state index contributed by atoms with van der Waals surface area (Å²) < 4.78 is 44.2. The molecule has 2 aromatic heterocycles. The summed E-state index contributed by atoms with van der Waals surface area (Å²) in [5.74, 6) is 1.06. The lowest BCUT2D eigenvalue weighted by Gasteiger charge is -2.10. The number of nitriles is 1. The summed E-state index contributed by atoms with van der Waals surface area (Å²) in [5, 5.41) is 9.45. The number of rotatable bonds is 5. The fraction of sp³-hybridized carbons (Fsp3) is 0.350. The highest BCUT2D eigenvalue weighted by Crippen LogP contribution is 2.49. The molecule has 150 valence electrons. The predicted molar refractivity (Wildman–Crippen MR) is 107 cm³/mol. The molecule has 1 aliphatic rings. The lowest BCUT2D eigenvalue weighted by atomic mass is 9.99. The van der Waals surface area contributed by atoms with Gasteiger partial charge in [-0.3, -0.25) is 0 Å². The highest BCUT2D eigenvalue weighted by atomic mass is 32.2. The van der Waals surface area contributed by atoms with Crippen molar-refractivity contribution in [3.05, 3.63) is 35.5 Å². The summed E-state index contributed by atoms with van der Waals surface area (Å²) in [7, 11) is 0. The Hall–Kier alpha value is -2.18. The van der Waals surface area contributed by atoms with Crippen molar-refractivity contribution in [1.29, 1.82) is 5.26 Å². The molecule has 0 bridgehead atoms. The molecule has 4 nitrogen and oxygen atoms in total. The van der Waals surface area contributed by atoms with E-state index < -0.39 is 10.9 Å².